The van der Waals surface area contributed by atoms with Gasteiger partial charge < -0.3 is 15.6 Å². The third-order valence-electron chi connectivity index (χ3n) is 1.59. The second kappa shape index (κ2) is 4.35. The number of hydrogen-bond acceptors (Lipinski definition) is 4. The summed E-state index contributed by atoms with van der Waals surface area (Å²) < 4.78 is 5.29. The molecule has 1 aromatic heterocycles. The third kappa shape index (κ3) is 2.50. The normalized spacial score (nSPS) is 10.4. The first-order chi connectivity index (χ1) is 6.93. The van der Waals surface area contributed by atoms with E-state index in [1.165, 1.54) is 0 Å². The number of carbonyl (C=O) groups is 1. The highest BCUT2D eigenvalue weighted by atomic mass is 35.5. The van der Waals surface area contributed by atoms with Crippen LogP contribution in [-0.2, 0) is 0 Å². The highest BCUT2D eigenvalue weighted by Crippen LogP contribution is 2.32. The zero-order valence-corrected chi connectivity index (χ0v) is 9.08. The fraction of sp³-hybridized carbons (Fsp3) is 0.333. The fourth-order valence-electron chi connectivity index (χ4n) is 0.987. The lowest BCUT2D eigenvalue weighted by Gasteiger charge is -2.14. The van der Waals surface area contributed by atoms with E-state index in [-0.39, 0.29) is 28.3 Å². The Morgan fingerprint density at radius 3 is 2.73 bits per heavy atom. The molecule has 1 rings (SSSR count). The first-order valence-corrected chi connectivity index (χ1v) is 4.65. The van der Waals surface area contributed by atoms with Crippen LogP contribution in [0.25, 0.3) is 0 Å². The van der Waals surface area contributed by atoms with E-state index < -0.39 is 5.97 Å². The van der Waals surface area contributed by atoms with E-state index in [0.29, 0.717) is 0 Å². The lowest BCUT2D eigenvalue weighted by molar-refractivity contribution is 0.0690. The number of nitrogen functional groups attached to an aromatic ring is 1. The molecule has 0 spiro atoms. The molecule has 0 aliphatic rings. The first kappa shape index (κ1) is 11.6. The lowest BCUT2D eigenvalue weighted by Crippen LogP contribution is -2.12. The molecule has 15 heavy (non-hydrogen) atoms. The molecular formula is C9H11ClN2O3. The van der Waals surface area contributed by atoms with Gasteiger partial charge in [-0.1, -0.05) is 11.6 Å². The van der Waals surface area contributed by atoms with Gasteiger partial charge in [-0.2, -0.15) is 0 Å². The number of carboxylic acids is 1. The Kier molecular flexibility index (Phi) is 3.36. The maximum Gasteiger partial charge on any atom is 0.341 e. The van der Waals surface area contributed by atoms with Crippen LogP contribution in [0, 0.1) is 0 Å². The number of aromatic carboxylic acids is 1. The van der Waals surface area contributed by atoms with E-state index in [1.807, 2.05) is 0 Å². The number of nitrogens with two attached hydrogens (primary N) is 1. The van der Waals surface area contributed by atoms with Crippen molar-refractivity contribution in [1.29, 1.82) is 0 Å². The minimum absolute atomic E-state index is 0.0311. The molecule has 0 aliphatic carbocycles. The highest BCUT2D eigenvalue weighted by Gasteiger charge is 2.19. The zero-order chi connectivity index (χ0) is 11.6. The molecule has 0 saturated heterocycles. The second-order valence-corrected chi connectivity index (χ2v) is 3.55. The number of pyridine rings is 1. The molecule has 0 saturated carbocycles. The SMILES string of the molecule is CC(C)Oc1c(C(=O)O)cnc(N)c1Cl. The van der Waals surface area contributed by atoms with Crippen LogP contribution in [0.4, 0.5) is 5.82 Å². The number of carboxylic acid groups (broad SMARTS) is 1. The molecule has 0 unspecified atom stereocenters. The maximum absolute atomic E-state index is 10.8. The van der Waals surface area contributed by atoms with Crippen molar-refractivity contribution in [3.63, 3.8) is 0 Å². The number of aromatic nitrogens is 1. The predicted octanol–water partition coefficient (Wildman–Crippen LogP) is 1.80. The number of hydrogen-bond donors (Lipinski definition) is 2. The highest BCUT2D eigenvalue weighted by molar-refractivity contribution is 6.34. The van der Waals surface area contributed by atoms with Crippen molar-refractivity contribution in [1.82, 2.24) is 4.98 Å². The summed E-state index contributed by atoms with van der Waals surface area (Å²) in [5.74, 6) is -1.04. The third-order valence-corrected chi connectivity index (χ3v) is 1.95. The number of nitrogens with zero attached hydrogens (tertiary/aromatic N) is 1. The summed E-state index contributed by atoms with van der Waals surface area (Å²) in [7, 11) is 0. The predicted molar refractivity (Wildman–Crippen MR) is 56.4 cm³/mol. The number of anilines is 1. The van der Waals surface area contributed by atoms with E-state index in [2.05, 4.69) is 4.98 Å². The van der Waals surface area contributed by atoms with Crippen LogP contribution < -0.4 is 10.5 Å². The molecule has 0 fully saturated rings. The molecule has 0 amide bonds. The quantitative estimate of drug-likeness (QED) is 0.827. The molecule has 82 valence electrons. The van der Waals surface area contributed by atoms with Gasteiger partial charge in [0.05, 0.1) is 6.10 Å². The molecule has 5 nitrogen and oxygen atoms in total. The van der Waals surface area contributed by atoms with Gasteiger partial charge in [0, 0.05) is 6.20 Å². The van der Waals surface area contributed by atoms with Crippen molar-refractivity contribution in [3.05, 3.63) is 16.8 Å². The van der Waals surface area contributed by atoms with Crippen LogP contribution in [-0.4, -0.2) is 22.2 Å². The van der Waals surface area contributed by atoms with Crippen LogP contribution in [0.15, 0.2) is 6.20 Å². The zero-order valence-electron chi connectivity index (χ0n) is 8.32. The van der Waals surface area contributed by atoms with Gasteiger partial charge in [0.25, 0.3) is 0 Å². The van der Waals surface area contributed by atoms with Crippen LogP contribution in [0.1, 0.15) is 24.2 Å². The van der Waals surface area contributed by atoms with Crippen molar-refractivity contribution in [2.45, 2.75) is 20.0 Å². The van der Waals surface area contributed by atoms with Crippen molar-refractivity contribution in [2.24, 2.45) is 0 Å². The van der Waals surface area contributed by atoms with Crippen LogP contribution in [0.5, 0.6) is 5.75 Å². The van der Waals surface area contributed by atoms with Gasteiger partial charge in [-0.3, -0.25) is 0 Å². The molecule has 0 aliphatic heterocycles. The molecule has 0 atom stereocenters. The summed E-state index contributed by atoms with van der Waals surface area (Å²) >= 11 is 5.81. The Morgan fingerprint density at radius 2 is 2.27 bits per heavy atom. The Bertz CT molecular complexity index is 393. The van der Waals surface area contributed by atoms with Gasteiger partial charge in [0.2, 0.25) is 0 Å². The van der Waals surface area contributed by atoms with Crippen molar-refractivity contribution >= 4 is 23.4 Å². The molecule has 0 bridgehead atoms. The first-order valence-electron chi connectivity index (χ1n) is 4.27. The Labute approximate surface area is 91.8 Å². The van der Waals surface area contributed by atoms with Crippen LogP contribution >= 0.6 is 11.6 Å². The summed E-state index contributed by atoms with van der Waals surface area (Å²) in [6.07, 6.45) is 0.934. The molecule has 6 heteroatoms. The largest absolute Gasteiger partial charge is 0.488 e. The topological polar surface area (TPSA) is 85.4 Å². The van der Waals surface area contributed by atoms with Gasteiger partial charge in [-0.15, -0.1) is 0 Å². The van der Waals surface area contributed by atoms with E-state index in [9.17, 15) is 4.79 Å². The molecule has 1 heterocycles. The van der Waals surface area contributed by atoms with E-state index >= 15 is 0 Å². The van der Waals surface area contributed by atoms with Gasteiger partial charge in [0.15, 0.2) is 5.75 Å². The average Bonchev–Trinajstić information content (AvgIpc) is 2.12. The van der Waals surface area contributed by atoms with Gasteiger partial charge >= 0.3 is 5.97 Å². The molecule has 1 aromatic rings. The smallest absolute Gasteiger partial charge is 0.341 e. The summed E-state index contributed by atoms with van der Waals surface area (Å²) in [5.41, 5.74) is 5.35. The number of halogens is 1. The minimum Gasteiger partial charge on any atom is -0.488 e. The Morgan fingerprint density at radius 1 is 1.67 bits per heavy atom. The monoisotopic (exact) mass is 230 g/mol. The molecule has 0 aromatic carbocycles. The average molecular weight is 231 g/mol. The van der Waals surface area contributed by atoms with Crippen LogP contribution in [0.3, 0.4) is 0 Å². The summed E-state index contributed by atoms with van der Waals surface area (Å²) in [6, 6.07) is 0. The fourth-order valence-corrected chi connectivity index (χ4v) is 1.18. The van der Waals surface area contributed by atoms with Crippen molar-refractivity contribution < 1.29 is 14.6 Å². The van der Waals surface area contributed by atoms with Crippen molar-refractivity contribution in [3.8, 4) is 5.75 Å². The minimum atomic E-state index is -1.15. The Balaban J connectivity index is 3.28. The van der Waals surface area contributed by atoms with Crippen molar-refractivity contribution in [2.75, 3.05) is 5.73 Å². The number of rotatable bonds is 3. The summed E-state index contributed by atoms with van der Waals surface area (Å²) in [6.45, 7) is 3.52. The molecule has 0 radical (unpaired) electrons. The number of ether oxygens (including phenoxy) is 1. The molecule has 3 N–H and O–H groups in total. The Hall–Kier alpha value is -1.49. The van der Waals surface area contributed by atoms with Crippen LogP contribution in [0.2, 0.25) is 5.02 Å². The van der Waals surface area contributed by atoms with Gasteiger partial charge in [-0.25, -0.2) is 9.78 Å². The van der Waals surface area contributed by atoms with Gasteiger partial charge in [0.1, 0.15) is 16.4 Å². The van der Waals surface area contributed by atoms with Gasteiger partial charge in [-0.05, 0) is 13.8 Å². The maximum atomic E-state index is 10.8. The standard InChI is InChI=1S/C9H11ClN2O3/c1-4(2)15-7-5(9(13)14)3-12-8(11)6(7)10/h3-4H,1-2H3,(H2,11,12)(H,13,14). The van der Waals surface area contributed by atoms with E-state index in [4.69, 9.17) is 27.2 Å². The summed E-state index contributed by atoms with van der Waals surface area (Å²) in [4.78, 5) is 14.5. The summed E-state index contributed by atoms with van der Waals surface area (Å²) in [5, 5.41) is 8.91. The lowest BCUT2D eigenvalue weighted by atomic mass is 10.2. The van der Waals surface area contributed by atoms with E-state index in [1.54, 1.807) is 13.8 Å². The molecular weight excluding hydrogens is 220 g/mol. The second-order valence-electron chi connectivity index (χ2n) is 3.17. The van der Waals surface area contributed by atoms with E-state index in [0.717, 1.165) is 6.20 Å².